The van der Waals surface area contributed by atoms with Gasteiger partial charge in [0.25, 0.3) is 0 Å². The van der Waals surface area contributed by atoms with Crippen molar-refractivity contribution in [2.24, 2.45) is 5.92 Å². The van der Waals surface area contributed by atoms with Crippen LogP contribution in [0.5, 0.6) is 0 Å². The minimum absolute atomic E-state index is 0.238. The zero-order chi connectivity index (χ0) is 22.6. The molecule has 33 heavy (non-hydrogen) atoms. The normalized spacial score (nSPS) is 17.9. The number of rotatable bonds is 6. The molecule has 1 aliphatic carbocycles. The molecule has 166 valence electrons. The van der Waals surface area contributed by atoms with Crippen molar-refractivity contribution in [3.63, 3.8) is 0 Å². The average molecular weight is 440 g/mol. The van der Waals surface area contributed by atoms with E-state index in [1.807, 2.05) is 42.7 Å². The van der Waals surface area contributed by atoms with E-state index in [1.54, 1.807) is 28.0 Å². The molecule has 1 aromatic carbocycles. The third-order valence-corrected chi connectivity index (χ3v) is 6.03. The van der Waals surface area contributed by atoms with Gasteiger partial charge < -0.3 is 10.6 Å². The molecule has 0 radical (unpaired) electrons. The number of benzene rings is 1. The van der Waals surface area contributed by atoms with Crippen LogP contribution in [0.1, 0.15) is 38.3 Å². The van der Waals surface area contributed by atoms with Gasteiger partial charge in [0.2, 0.25) is 0 Å². The third-order valence-electron chi connectivity index (χ3n) is 6.03. The smallest absolute Gasteiger partial charge is 0.183 e. The fourth-order valence-corrected chi connectivity index (χ4v) is 4.26. The molecule has 3 aromatic heterocycles. The molecule has 0 aliphatic heterocycles. The van der Waals surface area contributed by atoms with Crippen molar-refractivity contribution in [1.82, 2.24) is 29.5 Å². The van der Waals surface area contributed by atoms with E-state index in [2.05, 4.69) is 38.8 Å². The van der Waals surface area contributed by atoms with Crippen LogP contribution in [0, 0.1) is 17.2 Å². The van der Waals surface area contributed by atoms with Crippen LogP contribution in [-0.2, 0) is 0 Å². The highest BCUT2D eigenvalue weighted by atomic mass is 15.3. The number of aromatic nitrogens is 6. The van der Waals surface area contributed by atoms with Crippen molar-refractivity contribution >= 4 is 17.3 Å². The number of nitriles is 1. The van der Waals surface area contributed by atoms with Crippen LogP contribution in [-0.4, -0.2) is 35.6 Å². The van der Waals surface area contributed by atoms with Crippen LogP contribution < -0.4 is 10.6 Å². The molecule has 1 saturated carbocycles. The maximum Gasteiger partial charge on any atom is 0.183 e. The molecule has 1 fully saturated rings. The van der Waals surface area contributed by atoms with E-state index in [9.17, 15) is 5.26 Å². The van der Waals surface area contributed by atoms with Gasteiger partial charge in [0, 0.05) is 36.5 Å². The first-order chi connectivity index (χ1) is 16.2. The molecule has 0 amide bonds. The molecule has 4 aromatic rings. The summed E-state index contributed by atoms with van der Waals surface area (Å²) in [5.41, 5.74) is 2.70. The molecule has 2 atom stereocenters. The summed E-state index contributed by atoms with van der Waals surface area (Å²) in [6.07, 6.45) is 13.7. The highest BCUT2D eigenvalue weighted by Crippen LogP contribution is 2.28. The Morgan fingerprint density at radius 1 is 1.00 bits per heavy atom. The average Bonchev–Trinajstić information content (AvgIpc) is 3.55. The Bertz CT molecular complexity index is 1200. The van der Waals surface area contributed by atoms with Crippen molar-refractivity contribution < 1.29 is 0 Å². The van der Waals surface area contributed by atoms with Crippen LogP contribution in [0.2, 0.25) is 0 Å². The van der Waals surface area contributed by atoms with E-state index in [4.69, 9.17) is 4.98 Å². The number of nitrogens with zero attached hydrogens (tertiary/aromatic N) is 7. The van der Waals surface area contributed by atoms with Gasteiger partial charge in [-0.3, -0.25) is 0 Å². The van der Waals surface area contributed by atoms with Crippen LogP contribution >= 0.6 is 0 Å². The predicted octanol–water partition coefficient (Wildman–Crippen LogP) is 4.45. The maximum atomic E-state index is 9.62. The Hall–Kier alpha value is -4.19. The first-order valence-electron chi connectivity index (χ1n) is 11.2. The topological polar surface area (TPSA) is 109 Å². The highest BCUT2D eigenvalue weighted by molar-refractivity contribution is 5.67. The quantitative estimate of drug-likeness (QED) is 0.457. The second-order valence-electron chi connectivity index (χ2n) is 8.34. The van der Waals surface area contributed by atoms with Gasteiger partial charge in [0.15, 0.2) is 11.5 Å². The second-order valence-corrected chi connectivity index (χ2v) is 8.34. The molecule has 2 N–H and O–H groups in total. The van der Waals surface area contributed by atoms with E-state index < -0.39 is 0 Å². The minimum Gasteiger partial charge on any atom is -0.366 e. The number of anilines is 3. The van der Waals surface area contributed by atoms with Gasteiger partial charge in [-0.15, -0.1) is 0 Å². The van der Waals surface area contributed by atoms with E-state index in [0.717, 1.165) is 23.5 Å². The van der Waals surface area contributed by atoms with E-state index >= 15 is 0 Å². The first-order valence-corrected chi connectivity index (χ1v) is 11.2. The van der Waals surface area contributed by atoms with E-state index in [1.165, 1.54) is 19.3 Å². The molecular formula is C24H25N9. The lowest BCUT2D eigenvalue weighted by molar-refractivity contribution is 0.349. The zero-order valence-corrected chi connectivity index (χ0v) is 18.4. The van der Waals surface area contributed by atoms with Gasteiger partial charge in [0.05, 0.1) is 17.6 Å². The summed E-state index contributed by atoms with van der Waals surface area (Å²) in [6.45, 7) is 2.27. The Labute approximate surface area is 192 Å². The van der Waals surface area contributed by atoms with Gasteiger partial charge >= 0.3 is 0 Å². The van der Waals surface area contributed by atoms with Crippen molar-refractivity contribution in [2.45, 2.75) is 38.6 Å². The molecular weight excluding hydrogens is 414 g/mol. The predicted molar refractivity (Wildman–Crippen MR) is 126 cm³/mol. The lowest BCUT2D eigenvalue weighted by atomic mass is 9.86. The molecule has 9 heteroatoms. The number of nitrogens with one attached hydrogen (secondary N) is 2. The lowest BCUT2D eigenvalue weighted by Gasteiger charge is -2.29. The Kier molecular flexibility index (Phi) is 5.72. The van der Waals surface area contributed by atoms with Gasteiger partial charge in [0.1, 0.15) is 11.9 Å². The molecule has 0 unspecified atom stereocenters. The number of hydrogen-bond acceptors (Lipinski definition) is 7. The molecule has 0 spiro atoms. The van der Waals surface area contributed by atoms with E-state index in [0.29, 0.717) is 23.6 Å². The molecule has 9 nitrogen and oxygen atoms in total. The van der Waals surface area contributed by atoms with Gasteiger partial charge in [-0.05, 0) is 49.1 Å². The van der Waals surface area contributed by atoms with Crippen LogP contribution in [0.25, 0.3) is 11.4 Å². The van der Waals surface area contributed by atoms with Crippen LogP contribution in [0.4, 0.5) is 17.3 Å². The van der Waals surface area contributed by atoms with Crippen molar-refractivity contribution in [2.75, 3.05) is 10.6 Å². The summed E-state index contributed by atoms with van der Waals surface area (Å²) in [7, 11) is 0. The van der Waals surface area contributed by atoms with Gasteiger partial charge in [-0.1, -0.05) is 19.8 Å². The fourth-order valence-electron chi connectivity index (χ4n) is 4.26. The Balaban J connectivity index is 1.48. The van der Waals surface area contributed by atoms with Crippen molar-refractivity contribution in [1.29, 1.82) is 5.26 Å². The monoisotopic (exact) mass is 439 g/mol. The summed E-state index contributed by atoms with van der Waals surface area (Å²) in [6, 6.07) is 12.1. The number of hydrogen-bond donors (Lipinski definition) is 2. The highest BCUT2D eigenvalue weighted by Gasteiger charge is 2.22. The van der Waals surface area contributed by atoms with Gasteiger partial charge in [-0.25, -0.2) is 19.3 Å². The summed E-state index contributed by atoms with van der Waals surface area (Å²) in [5, 5.41) is 25.1. The lowest BCUT2D eigenvalue weighted by Crippen LogP contribution is -2.30. The van der Waals surface area contributed by atoms with Crippen molar-refractivity contribution in [3.8, 4) is 17.4 Å². The van der Waals surface area contributed by atoms with Crippen LogP contribution in [0.15, 0.2) is 61.3 Å². The van der Waals surface area contributed by atoms with Crippen molar-refractivity contribution in [3.05, 3.63) is 67.0 Å². The van der Waals surface area contributed by atoms with E-state index in [-0.39, 0.29) is 5.69 Å². The second kappa shape index (κ2) is 9.12. The van der Waals surface area contributed by atoms with Crippen LogP contribution in [0.3, 0.4) is 0 Å². The standard InChI is InChI=1S/C24H25N9/c1-17-6-2-3-7-21(17)30-23-16-26-22(15-25)24(31-23)29-18-12-19(32-10-4-8-27-32)14-20(13-18)33-11-5-9-28-33/h4-5,8-14,16-17,21H,2-3,6-7H2,1H3,(H2,29,30,31)/t17-,21+/m0/s1. The first kappa shape index (κ1) is 20.7. The summed E-state index contributed by atoms with van der Waals surface area (Å²) >= 11 is 0. The Morgan fingerprint density at radius 2 is 1.70 bits per heavy atom. The molecule has 1 aliphatic rings. The Morgan fingerprint density at radius 3 is 2.30 bits per heavy atom. The molecule has 3 heterocycles. The summed E-state index contributed by atoms with van der Waals surface area (Å²) < 4.78 is 3.55. The van der Waals surface area contributed by atoms with Gasteiger partial charge in [-0.2, -0.15) is 15.5 Å². The summed E-state index contributed by atoms with van der Waals surface area (Å²) in [4.78, 5) is 9.04. The fraction of sp³-hybridized carbons (Fsp3) is 0.292. The molecule has 0 bridgehead atoms. The zero-order valence-electron chi connectivity index (χ0n) is 18.4. The largest absolute Gasteiger partial charge is 0.366 e. The minimum atomic E-state index is 0.238. The summed E-state index contributed by atoms with van der Waals surface area (Å²) in [5.74, 6) is 1.66. The SMILES string of the molecule is C[C@H]1CCCC[C@H]1Nc1cnc(C#N)c(Nc2cc(-n3cccn3)cc(-n3cccn3)c2)n1. The third kappa shape index (κ3) is 4.55. The molecule has 5 rings (SSSR count). The maximum absolute atomic E-state index is 9.62. The molecule has 0 saturated heterocycles.